The normalized spacial score (nSPS) is 12.7. The Balaban J connectivity index is 1.72. The Morgan fingerprint density at radius 3 is 2.42 bits per heavy atom. The molecular weight excluding hydrogens is 426 g/mol. The van der Waals surface area contributed by atoms with Crippen LogP contribution in [0.15, 0.2) is 47.7 Å². The number of nitrogens with zero attached hydrogens (tertiary/aromatic N) is 5. The van der Waals surface area contributed by atoms with Crippen molar-refractivity contribution < 1.29 is 18.9 Å². The molecule has 10 heteroatoms. The number of fused-ring (bicyclic) bond motifs is 6. The van der Waals surface area contributed by atoms with Crippen LogP contribution in [-0.2, 0) is 13.1 Å². The first-order valence-corrected chi connectivity index (χ1v) is 10.3. The van der Waals surface area contributed by atoms with E-state index in [0.29, 0.717) is 47.0 Å². The Labute approximate surface area is 186 Å². The van der Waals surface area contributed by atoms with Gasteiger partial charge in [0.2, 0.25) is 6.79 Å². The second-order valence-corrected chi connectivity index (χ2v) is 7.62. The van der Waals surface area contributed by atoms with E-state index in [1.54, 1.807) is 48.1 Å². The number of aromatic nitrogens is 5. The number of hydrogen-bond donors (Lipinski definition) is 0. The van der Waals surface area contributed by atoms with Gasteiger partial charge in [-0.2, -0.15) is 0 Å². The van der Waals surface area contributed by atoms with Gasteiger partial charge in [0.25, 0.3) is 5.56 Å². The zero-order valence-electron chi connectivity index (χ0n) is 17.9. The average molecular weight is 445 g/mol. The highest BCUT2D eigenvalue weighted by molar-refractivity contribution is 6.15. The van der Waals surface area contributed by atoms with E-state index in [4.69, 9.17) is 18.9 Å². The third kappa shape index (κ3) is 2.94. The molecule has 0 unspecified atom stereocenters. The predicted molar refractivity (Wildman–Crippen MR) is 120 cm³/mol. The van der Waals surface area contributed by atoms with Crippen LogP contribution >= 0.6 is 0 Å². The molecule has 0 N–H and O–H groups in total. The van der Waals surface area contributed by atoms with Crippen molar-refractivity contribution in [3.8, 4) is 23.0 Å². The summed E-state index contributed by atoms with van der Waals surface area (Å²) < 4.78 is 25.5. The molecule has 0 fully saturated rings. The van der Waals surface area contributed by atoms with Crippen molar-refractivity contribution in [2.75, 3.05) is 21.0 Å². The third-order valence-electron chi connectivity index (χ3n) is 5.92. The van der Waals surface area contributed by atoms with E-state index in [1.165, 1.54) is 0 Å². The van der Waals surface area contributed by atoms with Gasteiger partial charge in [0, 0.05) is 41.2 Å². The molecule has 0 amide bonds. The Bertz CT molecular complexity index is 1590. The van der Waals surface area contributed by atoms with E-state index in [-0.39, 0.29) is 12.4 Å². The molecule has 166 valence electrons. The minimum absolute atomic E-state index is 0.149. The summed E-state index contributed by atoms with van der Waals surface area (Å²) in [4.78, 5) is 18.5. The molecule has 1 aliphatic heterocycles. The molecule has 4 heterocycles. The molecule has 6 rings (SSSR count). The summed E-state index contributed by atoms with van der Waals surface area (Å²) in [6.07, 6.45) is 5.15. The lowest BCUT2D eigenvalue weighted by molar-refractivity contribution is 0.174. The van der Waals surface area contributed by atoms with Crippen molar-refractivity contribution in [3.05, 3.63) is 53.2 Å². The maximum Gasteiger partial charge on any atom is 0.259 e. The van der Waals surface area contributed by atoms with Crippen LogP contribution in [0.25, 0.3) is 32.6 Å². The van der Waals surface area contributed by atoms with E-state index in [9.17, 15) is 4.79 Å². The van der Waals surface area contributed by atoms with Crippen LogP contribution in [-0.4, -0.2) is 45.6 Å². The molecule has 0 saturated heterocycles. The lowest BCUT2D eigenvalue weighted by Gasteiger charge is -2.17. The van der Waals surface area contributed by atoms with Gasteiger partial charge in [0.05, 0.1) is 43.4 Å². The molecule has 0 aliphatic carbocycles. The van der Waals surface area contributed by atoms with Crippen molar-refractivity contribution in [1.29, 1.82) is 0 Å². The van der Waals surface area contributed by atoms with Gasteiger partial charge in [0.15, 0.2) is 23.0 Å². The number of aryl methyl sites for hydroxylation is 2. The van der Waals surface area contributed by atoms with Gasteiger partial charge in [-0.05, 0) is 18.2 Å². The van der Waals surface area contributed by atoms with Gasteiger partial charge in [-0.1, -0.05) is 5.21 Å². The number of pyridine rings is 2. The average Bonchev–Trinajstić information content (AvgIpc) is 3.53. The number of ether oxygens (including phenoxy) is 4. The molecule has 1 aliphatic rings. The maximum absolute atomic E-state index is 13.8. The van der Waals surface area contributed by atoms with Crippen molar-refractivity contribution in [2.24, 2.45) is 0 Å². The minimum atomic E-state index is -0.149. The zero-order chi connectivity index (χ0) is 22.5. The van der Waals surface area contributed by atoms with Crippen LogP contribution in [0.3, 0.4) is 0 Å². The monoisotopic (exact) mass is 445 g/mol. The first kappa shape index (κ1) is 19.4. The summed E-state index contributed by atoms with van der Waals surface area (Å²) in [5.74, 6) is 2.29. The van der Waals surface area contributed by atoms with Gasteiger partial charge in [0.1, 0.15) is 0 Å². The van der Waals surface area contributed by atoms with Crippen molar-refractivity contribution in [3.63, 3.8) is 0 Å². The summed E-state index contributed by atoms with van der Waals surface area (Å²) in [7, 11) is 3.12. The zero-order valence-corrected chi connectivity index (χ0v) is 17.9. The highest BCUT2D eigenvalue weighted by Gasteiger charge is 2.21. The molecular formula is C23H19N5O5. The SMILES string of the molecule is COc1cc2c(=O)n(CCn3ccnn3)c3c4cc5c(cc4ncc3c2cc1OC)OCO5. The Kier molecular flexibility index (Phi) is 4.32. The van der Waals surface area contributed by atoms with E-state index in [0.717, 1.165) is 21.7 Å². The second-order valence-electron chi connectivity index (χ2n) is 7.62. The molecule has 5 aromatic rings. The molecule has 0 radical (unpaired) electrons. The van der Waals surface area contributed by atoms with Gasteiger partial charge < -0.3 is 23.5 Å². The van der Waals surface area contributed by atoms with Crippen LogP contribution in [0, 0.1) is 0 Å². The lowest BCUT2D eigenvalue weighted by atomic mass is 10.0. The predicted octanol–water partition coefficient (Wildman–Crippen LogP) is 2.74. The topological polar surface area (TPSA) is 103 Å². The van der Waals surface area contributed by atoms with E-state index in [2.05, 4.69) is 15.3 Å². The van der Waals surface area contributed by atoms with Gasteiger partial charge in [-0.3, -0.25) is 14.5 Å². The summed E-state index contributed by atoms with van der Waals surface area (Å²) in [5.41, 5.74) is 1.31. The van der Waals surface area contributed by atoms with E-state index < -0.39 is 0 Å². The summed E-state index contributed by atoms with van der Waals surface area (Å²) in [6.45, 7) is 1.02. The number of methoxy groups -OCH3 is 2. The minimum Gasteiger partial charge on any atom is -0.493 e. The highest BCUT2D eigenvalue weighted by atomic mass is 16.7. The molecule has 10 nitrogen and oxygen atoms in total. The third-order valence-corrected chi connectivity index (χ3v) is 5.92. The summed E-state index contributed by atoms with van der Waals surface area (Å²) >= 11 is 0. The fraction of sp³-hybridized carbons (Fsp3) is 0.217. The number of benzene rings is 2. The Hall–Kier alpha value is -4.34. The van der Waals surface area contributed by atoms with Crippen LogP contribution in [0.5, 0.6) is 23.0 Å². The fourth-order valence-electron chi connectivity index (χ4n) is 4.35. The molecule has 0 bridgehead atoms. The molecule has 0 saturated carbocycles. The fourth-order valence-corrected chi connectivity index (χ4v) is 4.35. The molecule has 2 aromatic carbocycles. The molecule has 3 aromatic heterocycles. The summed E-state index contributed by atoms with van der Waals surface area (Å²) in [5, 5.41) is 10.7. The van der Waals surface area contributed by atoms with E-state index in [1.807, 2.05) is 18.2 Å². The Morgan fingerprint density at radius 2 is 1.70 bits per heavy atom. The lowest BCUT2D eigenvalue weighted by Crippen LogP contribution is -2.24. The first-order valence-electron chi connectivity index (χ1n) is 10.3. The van der Waals surface area contributed by atoms with Gasteiger partial charge >= 0.3 is 0 Å². The smallest absolute Gasteiger partial charge is 0.259 e. The van der Waals surface area contributed by atoms with Crippen molar-refractivity contribution in [1.82, 2.24) is 24.5 Å². The molecule has 33 heavy (non-hydrogen) atoms. The maximum atomic E-state index is 13.8. The van der Waals surface area contributed by atoms with Crippen molar-refractivity contribution >= 4 is 32.6 Å². The van der Waals surface area contributed by atoms with Crippen LogP contribution in [0.4, 0.5) is 0 Å². The largest absolute Gasteiger partial charge is 0.493 e. The van der Waals surface area contributed by atoms with Crippen LogP contribution in [0.2, 0.25) is 0 Å². The molecule has 0 spiro atoms. The van der Waals surface area contributed by atoms with Gasteiger partial charge in [-0.25, -0.2) is 0 Å². The second kappa shape index (κ2) is 7.37. The number of hydrogen-bond acceptors (Lipinski definition) is 8. The van der Waals surface area contributed by atoms with Crippen molar-refractivity contribution in [2.45, 2.75) is 13.1 Å². The Morgan fingerprint density at radius 1 is 0.939 bits per heavy atom. The summed E-state index contributed by atoms with van der Waals surface area (Å²) in [6, 6.07) is 7.25. The van der Waals surface area contributed by atoms with E-state index >= 15 is 0 Å². The number of rotatable bonds is 5. The standard InChI is InChI=1S/C23H19N5O5/c1-30-18-7-13-14(8-19(18)31-2)23(29)28(6-5-27-4-3-25-26-27)22-15-9-20-21(33-12-32-20)10-17(15)24-11-16(13)22/h3-4,7-11H,5-6,12H2,1-2H3. The quantitative estimate of drug-likeness (QED) is 0.381. The van der Waals surface area contributed by atoms with Crippen LogP contribution in [0.1, 0.15) is 0 Å². The first-order chi connectivity index (χ1) is 16.2. The van der Waals surface area contributed by atoms with Gasteiger partial charge in [-0.15, -0.1) is 5.10 Å². The molecule has 0 atom stereocenters. The van der Waals surface area contributed by atoms with Crippen LogP contribution < -0.4 is 24.5 Å². The highest BCUT2D eigenvalue weighted by Crippen LogP contribution is 2.40.